The van der Waals surface area contributed by atoms with E-state index in [-0.39, 0.29) is 11.8 Å². The van der Waals surface area contributed by atoms with Crippen LogP contribution in [0.1, 0.15) is 5.56 Å². The average Bonchev–Trinajstić information content (AvgIpc) is 2.52. The third kappa shape index (κ3) is 2.45. The Morgan fingerprint density at radius 3 is 2.85 bits per heavy atom. The molecule has 0 saturated heterocycles. The van der Waals surface area contributed by atoms with Crippen LogP contribution in [0.25, 0.3) is 21.7 Å². The molecule has 0 spiro atoms. The van der Waals surface area contributed by atoms with E-state index < -0.39 is 0 Å². The number of rotatable bonds is 3. The highest BCUT2D eigenvalue weighted by Gasteiger charge is 2.04. The summed E-state index contributed by atoms with van der Waals surface area (Å²) < 4.78 is 0. The van der Waals surface area contributed by atoms with Gasteiger partial charge in [0, 0.05) is 23.5 Å². The second-order valence-electron chi connectivity index (χ2n) is 4.61. The summed E-state index contributed by atoms with van der Waals surface area (Å²) in [7, 11) is 0. The molecule has 0 unspecified atom stereocenters. The number of carbonyl (C=O) groups excluding carboxylic acids is 1. The van der Waals surface area contributed by atoms with E-state index in [1.165, 1.54) is 5.39 Å². The fourth-order valence-electron chi connectivity index (χ4n) is 2.26. The number of benzene rings is 2. The monoisotopic (exact) mass is 284 g/mol. The van der Waals surface area contributed by atoms with Crippen molar-refractivity contribution in [3.63, 3.8) is 0 Å². The van der Waals surface area contributed by atoms with Crippen LogP contribution < -0.4 is 5.32 Å². The van der Waals surface area contributed by atoms with Crippen molar-refractivity contribution in [2.45, 2.75) is 6.54 Å². The standard InChI is InChI=1S/C16H13ClN2O/c17-8-16(20)19-9-11-5-6-15-14(7-11)13-4-2-1-3-12(13)10-18-15/h1-7,10H,8-9H2,(H,19,20). The number of pyridine rings is 1. The van der Waals surface area contributed by atoms with Crippen molar-refractivity contribution in [3.05, 3.63) is 54.2 Å². The number of alkyl halides is 1. The summed E-state index contributed by atoms with van der Waals surface area (Å²) in [5.41, 5.74) is 1.99. The maximum Gasteiger partial charge on any atom is 0.235 e. The Morgan fingerprint density at radius 2 is 2.00 bits per heavy atom. The molecular formula is C16H13ClN2O. The van der Waals surface area contributed by atoms with Gasteiger partial charge in [-0.25, -0.2) is 0 Å². The van der Waals surface area contributed by atoms with E-state index in [1.54, 1.807) is 0 Å². The summed E-state index contributed by atoms with van der Waals surface area (Å²) in [4.78, 5) is 15.7. The molecule has 1 heterocycles. The number of nitrogens with zero attached hydrogens (tertiary/aromatic N) is 1. The van der Waals surface area contributed by atoms with Crippen molar-refractivity contribution in [1.82, 2.24) is 10.3 Å². The molecule has 3 aromatic rings. The minimum atomic E-state index is -0.164. The molecule has 0 fully saturated rings. The number of amides is 1. The lowest BCUT2D eigenvalue weighted by Gasteiger charge is -2.07. The van der Waals surface area contributed by atoms with Crippen LogP contribution in [0.5, 0.6) is 0 Å². The molecule has 3 nitrogen and oxygen atoms in total. The minimum absolute atomic E-state index is 0.0158. The van der Waals surface area contributed by atoms with Gasteiger partial charge in [-0.15, -0.1) is 11.6 Å². The summed E-state index contributed by atoms with van der Waals surface area (Å²) in [6.07, 6.45) is 1.88. The summed E-state index contributed by atoms with van der Waals surface area (Å²) in [6, 6.07) is 14.2. The van der Waals surface area contributed by atoms with Crippen molar-refractivity contribution in [2.24, 2.45) is 0 Å². The maximum absolute atomic E-state index is 11.2. The van der Waals surface area contributed by atoms with Crippen molar-refractivity contribution in [3.8, 4) is 0 Å². The molecule has 0 aliphatic carbocycles. The molecule has 1 aromatic heterocycles. The first-order valence-electron chi connectivity index (χ1n) is 6.37. The highest BCUT2D eigenvalue weighted by atomic mass is 35.5. The van der Waals surface area contributed by atoms with Crippen LogP contribution in [-0.2, 0) is 11.3 Å². The molecule has 3 rings (SSSR count). The van der Waals surface area contributed by atoms with Crippen molar-refractivity contribution in [1.29, 1.82) is 0 Å². The minimum Gasteiger partial charge on any atom is -0.351 e. The number of carbonyl (C=O) groups is 1. The molecule has 20 heavy (non-hydrogen) atoms. The Morgan fingerprint density at radius 1 is 1.15 bits per heavy atom. The Hall–Kier alpha value is -2.13. The third-order valence-corrected chi connectivity index (χ3v) is 3.51. The number of hydrogen-bond acceptors (Lipinski definition) is 2. The molecule has 0 aliphatic heterocycles. The predicted molar refractivity (Wildman–Crippen MR) is 81.8 cm³/mol. The molecule has 1 amide bonds. The van der Waals surface area contributed by atoms with E-state index in [1.807, 2.05) is 36.5 Å². The van der Waals surface area contributed by atoms with Crippen LogP contribution in [0.4, 0.5) is 0 Å². The zero-order valence-electron chi connectivity index (χ0n) is 10.8. The Bertz CT molecular complexity index is 786. The molecule has 2 aromatic carbocycles. The number of fused-ring (bicyclic) bond motifs is 3. The molecule has 0 bridgehead atoms. The SMILES string of the molecule is O=C(CCl)NCc1ccc2ncc3ccccc3c2c1. The second kappa shape index (κ2) is 5.47. The Kier molecular flexibility index (Phi) is 3.52. The van der Waals surface area contributed by atoms with Crippen LogP contribution in [0.2, 0.25) is 0 Å². The van der Waals surface area contributed by atoms with E-state index in [0.29, 0.717) is 6.54 Å². The van der Waals surface area contributed by atoms with Gasteiger partial charge in [0.15, 0.2) is 0 Å². The molecule has 0 atom stereocenters. The highest BCUT2D eigenvalue weighted by molar-refractivity contribution is 6.27. The van der Waals surface area contributed by atoms with Crippen LogP contribution in [-0.4, -0.2) is 16.8 Å². The fourth-order valence-corrected chi connectivity index (χ4v) is 2.36. The smallest absolute Gasteiger partial charge is 0.235 e. The van der Waals surface area contributed by atoms with Crippen LogP contribution in [0.15, 0.2) is 48.7 Å². The number of aromatic nitrogens is 1. The Balaban J connectivity index is 2.04. The molecule has 0 radical (unpaired) electrons. The summed E-state index contributed by atoms with van der Waals surface area (Å²) in [5.74, 6) is -0.180. The maximum atomic E-state index is 11.2. The van der Waals surface area contributed by atoms with Gasteiger partial charge in [0.2, 0.25) is 5.91 Å². The zero-order chi connectivity index (χ0) is 13.9. The number of hydrogen-bond donors (Lipinski definition) is 1. The van der Waals surface area contributed by atoms with Crippen LogP contribution in [0.3, 0.4) is 0 Å². The quantitative estimate of drug-likeness (QED) is 0.592. The highest BCUT2D eigenvalue weighted by Crippen LogP contribution is 2.24. The molecule has 0 saturated carbocycles. The summed E-state index contributed by atoms with van der Waals surface area (Å²) >= 11 is 5.47. The largest absolute Gasteiger partial charge is 0.351 e. The van der Waals surface area contributed by atoms with E-state index >= 15 is 0 Å². The van der Waals surface area contributed by atoms with Gasteiger partial charge in [0.05, 0.1) is 5.52 Å². The van der Waals surface area contributed by atoms with Gasteiger partial charge in [-0.2, -0.15) is 0 Å². The van der Waals surface area contributed by atoms with Gasteiger partial charge in [0.25, 0.3) is 0 Å². The van der Waals surface area contributed by atoms with Gasteiger partial charge in [-0.1, -0.05) is 30.3 Å². The summed E-state index contributed by atoms with van der Waals surface area (Å²) in [6.45, 7) is 0.477. The lowest BCUT2D eigenvalue weighted by atomic mass is 10.0. The first-order chi connectivity index (χ1) is 9.78. The van der Waals surface area contributed by atoms with Gasteiger partial charge < -0.3 is 5.32 Å². The second-order valence-corrected chi connectivity index (χ2v) is 4.87. The van der Waals surface area contributed by atoms with E-state index in [0.717, 1.165) is 21.9 Å². The molecular weight excluding hydrogens is 272 g/mol. The van der Waals surface area contributed by atoms with Gasteiger partial charge in [-0.3, -0.25) is 9.78 Å². The van der Waals surface area contributed by atoms with Crippen LogP contribution in [0, 0.1) is 0 Å². The Labute approximate surface area is 121 Å². The van der Waals surface area contributed by atoms with E-state index in [4.69, 9.17) is 11.6 Å². The fraction of sp³-hybridized carbons (Fsp3) is 0.125. The molecule has 4 heteroatoms. The van der Waals surface area contributed by atoms with Crippen molar-refractivity contribution < 1.29 is 4.79 Å². The van der Waals surface area contributed by atoms with Crippen LogP contribution >= 0.6 is 11.6 Å². The van der Waals surface area contributed by atoms with Crippen molar-refractivity contribution in [2.75, 3.05) is 5.88 Å². The third-order valence-electron chi connectivity index (χ3n) is 3.27. The number of nitrogens with one attached hydrogen (secondary N) is 1. The predicted octanol–water partition coefficient (Wildman–Crippen LogP) is 3.24. The average molecular weight is 285 g/mol. The summed E-state index contributed by atoms with van der Waals surface area (Å²) in [5, 5.41) is 6.15. The molecule has 1 N–H and O–H groups in total. The van der Waals surface area contributed by atoms with E-state index in [2.05, 4.69) is 22.4 Å². The van der Waals surface area contributed by atoms with Gasteiger partial charge in [-0.05, 0) is 23.1 Å². The number of halogens is 1. The van der Waals surface area contributed by atoms with Gasteiger partial charge in [0.1, 0.15) is 5.88 Å². The molecule has 0 aliphatic rings. The lowest BCUT2D eigenvalue weighted by Crippen LogP contribution is -2.23. The van der Waals surface area contributed by atoms with Crippen molar-refractivity contribution >= 4 is 39.2 Å². The zero-order valence-corrected chi connectivity index (χ0v) is 11.5. The van der Waals surface area contributed by atoms with Gasteiger partial charge >= 0.3 is 0 Å². The topological polar surface area (TPSA) is 42.0 Å². The normalized spacial score (nSPS) is 10.8. The lowest BCUT2D eigenvalue weighted by molar-refractivity contribution is -0.118. The first kappa shape index (κ1) is 12.9. The van der Waals surface area contributed by atoms with E-state index in [9.17, 15) is 4.79 Å². The first-order valence-corrected chi connectivity index (χ1v) is 6.90. The molecule has 100 valence electrons.